The van der Waals surface area contributed by atoms with E-state index in [0.29, 0.717) is 5.95 Å². The van der Waals surface area contributed by atoms with Crippen molar-refractivity contribution < 1.29 is 9.53 Å². The number of carbonyl (C=O) groups excluding carboxylic acids is 1. The first-order chi connectivity index (χ1) is 13.8. The van der Waals surface area contributed by atoms with Crippen molar-refractivity contribution in [3.8, 4) is 0 Å². The number of hydrogen-bond acceptors (Lipinski definition) is 5. The van der Waals surface area contributed by atoms with Gasteiger partial charge < -0.3 is 4.74 Å². The molecule has 3 heterocycles. The predicted octanol–water partition coefficient (Wildman–Crippen LogP) is 2.51. The van der Waals surface area contributed by atoms with E-state index in [1.165, 1.54) is 11.1 Å². The zero-order chi connectivity index (χ0) is 18.9. The van der Waals surface area contributed by atoms with Crippen LogP contribution in [0.1, 0.15) is 31.4 Å². The minimum atomic E-state index is 0.0324. The fraction of sp³-hybridized carbons (Fsp3) is 0.476. The molecule has 0 atom stereocenters. The highest BCUT2D eigenvalue weighted by atomic mass is 16.5. The maximum atomic E-state index is 12.0. The van der Waals surface area contributed by atoms with E-state index in [4.69, 9.17) is 4.74 Å². The highest BCUT2D eigenvalue weighted by molar-refractivity contribution is 5.92. The molecule has 2 fully saturated rings. The number of rotatable bonds is 5. The van der Waals surface area contributed by atoms with Crippen LogP contribution >= 0.6 is 0 Å². The van der Waals surface area contributed by atoms with Crippen LogP contribution in [-0.2, 0) is 9.53 Å². The lowest BCUT2D eigenvalue weighted by Gasteiger charge is -2.28. The molecule has 0 spiro atoms. The molecule has 1 amide bonds. The number of morpholine rings is 1. The van der Waals surface area contributed by atoms with Gasteiger partial charge in [0.2, 0.25) is 11.9 Å². The Hall–Kier alpha value is -2.51. The first-order valence-corrected chi connectivity index (χ1v) is 10.1. The number of pyridine rings is 1. The van der Waals surface area contributed by atoms with Crippen LogP contribution in [0.2, 0.25) is 0 Å². The van der Waals surface area contributed by atoms with Gasteiger partial charge in [0.05, 0.1) is 18.9 Å². The molecule has 146 valence electrons. The maximum absolute atomic E-state index is 12.0. The Kier molecular flexibility index (Phi) is 4.70. The monoisotopic (exact) mass is 379 g/mol. The summed E-state index contributed by atoms with van der Waals surface area (Å²) < 4.78 is 7.27. The van der Waals surface area contributed by atoms with Gasteiger partial charge >= 0.3 is 0 Å². The second-order valence-electron chi connectivity index (χ2n) is 7.79. The fourth-order valence-corrected chi connectivity index (χ4v) is 3.83. The summed E-state index contributed by atoms with van der Waals surface area (Å²) in [6.07, 6.45) is 8.43. The summed E-state index contributed by atoms with van der Waals surface area (Å²) in [4.78, 5) is 18.9. The molecule has 0 bridgehead atoms. The summed E-state index contributed by atoms with van der Waals surface area (Å²) in [6, 6.07) is 5.99. The topological polar surface area (TPSA) is 71.8 Å². The highest BCUT2D eigenvalue weighted by Gasteiger charge is 2.30. The molecule has 1 aliphatic heterocycles. The molecular formula is C21H25N5O2. The van der Waals surface area contributed by atoms with Gasteiger partial charge in [0.25, 0.3) is 0 Å². The molecule has 7 nitrogen and oxygen atoms in total. The van der Waals surface area contributed by atoms with Crippen LogP contribution in [0.3, 0.4) is 0 Å². The number of carbonyl (C=O) groups is 1. The third-order valence-electron chi connectivity index (χ3n) is 5.64. The molecule has 0 unspecified atom stereocenters. The van der Waals surface area contributed by atoms with Crippen LogP contribution in [0.25, 0.3) is 11.2 Å². The third kappa shape index (κ3) is 3.72. The summed E-state index contributed by atoms with van der Waals surface area (Å²) >= 11 is 0. The SMILES string of the molecule is O=C(Nc1nc2cccc(C3=CC=C(CN4CCOCC4)CC3)n2n1)C1CC1. The van der Waals surface area contributed by atoms with E-state index in [2.05, 4.69) is 38.5 Å². The van der Waals surface area contributed by atoms with Crippen molar-refractivity contribution in [1.29, 1.82) is 0 Å². The molecule has 1 saturated heterocycles. The molecule has 5 rings (SSSR count). The summed E-state index contributed by atoms with van der Waals surface area (Å²) in [5, 5.41) is 7.39. The van der Waals surface area contributed by atoms with Gasteiger partial charge in [0.15, 0.2) is 5.65 Å². The Morgan fingerprint density at radius 1 is 1.18 bits per heavy atom. The lowest BCUT2D eigenvalue weighted by atomic mass is 9.95. The summed E-state index contributed by atoms with van der Waals surface area (Å²) in [5.74, 6) is 0.566. The molecule has 1 saturated carbocycles. The zero-order valence-corrected chi connectivity index (χ0v) is 15.9. The van der Waals surface area contributed by atoms with Gasteiger partial charge in [-0.25, -0.2) is 4.52 Å². The van der Waals surface area contributed by atoms with E-state index in [0.717, 1.165) is 69.9 Å². The third-order valence-corrected chi connectivity index (χ3v) is 5.64. The van der Waals surface area contributed by atoms with Crippen LogP contribution in [0.4, 0.5) is 5.95 Å². The first-order valence-electron chi connectivity index (χ1n) is 10.1. The molecule has 2 aromatic rings. The average Bonchev–Trinajstić information content (AvgIpc) is 3.49. The van der Waals surface area contributed by atoms with Crippen LogP contribution in [0.5, 0.6) is 0 Å². The zero-order valence-electron chi connectivity index (χ0n) is 15.9. The number of hydrogen-bond donors (Lipinski definition) is 1. The molecule has 28 heavy (non-hydrogen) atoms. The van der Waals surface area contributed by atoms with Gasteiger partial charge in [-0.05, 0) is 43.4 Å². The summed E-state index contributed by atoms with van der Waals surface area (Å²) in [6.45, 7) is 4.73. The molecule has 2 aliphatic carbocycles. The van der Waals surface area contributed by atoms with E-state index in [-0.39, 0.29) is 11.8 Å². The number of nitrogens with zero attached hydrogens (tertiary/aromatic N) is 4. The normalized spacial score (nSPS) is 20.7. The van der Waals surface area contributed by atoms with Gasteiger partial charge in [0, 0.05) is 25.6 Å². The number of anilines is 1. The number of fused-ring (bicyclic) bond motifs is 1. The Labute approximate surface area is 164 Å². The van der Waals surface area contributed by atoms with Crippen molar-refractivity contribution >= 4 is 23.1 Å². The van der Waals surface area contributed by atoms with Gasteiger partial charge in [0.1, 0.15) is 0 Å². The maximum Gasteiger partial charge on any atom is 0.249 e. The predicted molar refractivity (Wildman–Crippen MR) is 107 cm³/mol. The van der Waals surface area contributed by atoms with E-state index >= 15 is 0 Å². The Bertz CT molecular complexity index is 951. The van der Waals surface area contributed by atoms with E-state index in [1.807, 2.05) is 16.6 Å². The standard InChI is InChI=1S/C21H25N5O2/c27-20(17-8-9-17)23-21-22-19-3-1-2-18(26(19)24-21)16-6-4-15(5-7-16)14-25-10-12-28-13-11-25/h1-4,6,17H,5,7-14H2,(H,23,24,27). The van der Waals surface area contributed by atoms with Crippen molar-refractivity contribution in [2.45, 2.75) is 25.7 Å². The second kappa shape index (κ2) is 7.48. The average molecular weight is 379 g/mol. The minimum Gasteiger partial charge on any atom is -0.379 e. The highest BCUT2D eigenvalue weighted by Crippen LogP contribution is 2.30. The van der Waals surface area contributed by atoms with Crippen molar-refractivity contribution in [3.05, 3.63) is 41.6 Å². The minimum absolute atomic E-state index is 0.0324. The van der Waals surface area contributed by atoms with Gasteiger partial charge in [-0.1, -0.05) is 23.8 Å². The van der Waals surface area contributed by atoms with E-state index in [1.54, 1.807) is 0 Å². The van der Waals surface area contributed by atoms with Gasteiger partial charge in [-0.2, -0.15) is 4.98 Å². The van der Waals surface area contributed by atoms with Crippen LogP contribution < -0.4 is 5.32 Å². The largest absolute Gasteiger partial charge is 0.379 e. The number of amides is 1. The lowest BCUT2D eigenvalue weighted by Crippen LogP contribution is -2.37. The van der Waals surface area contributed by atoms with Crippen molar-refractivity contribution in [2.75, 3.05) is 38.2 Å². The quantitative estimate of drug-likeness (QED) is 0.864. The lowest BCUT2D eigenvalue weighted by molar-refractivity contribution is -0.117. The first kappa shape index (κ1) is 17.6. The van der Waals surface area contributed by atoms with Crippen LogP contribution in [0, 0.1) is 5.92 Å². The van der Waals surface area contributed by atoms with Crippen LogP contribution in [0.15, 0.2) is 35.9 Å². The molecular weight excluding hydrogens is 354 g/mol. The molecule has 2 aromatic heterocycles. The number of aromatic nitrogens is 3. The van der Waals surface area contributed by atoms with Crippen molar-refractivity contribution in [3.63, 3.8) is 0 Å². The molecule has 1 N–H and O–H groups in total. The Morgan fingerprint density at radius 2 is 2.04 bits per heavy atom. The van der Waals surface area contributed by atoms with Gasteiger partial charge in [-0.15, -0.1) is 5.10 Å². The number of ether oxygens (including phenoxy) is 1. The van der Waals surface area contributed by atoms with Crippen LogP contribution in [-0.4, -0.2) is 58.3 Å². The second-order valence-corrected chi connectivity index (χ2v) is 7.79. The van der Waals surface area contributed by atoms with Gasteiger partial charge in [-0.3, -0.25) is 15.0 Å². The fourth-order valence-electron chi connectivity index (χ4n) is 3.83. The molecule has 0 radical (unpaired) electrons. The summed E-state index contributed by atoms with van der Waals surface area (Å²) in [5.41, 5.74) is 4.52. The summed E-state index contributed by atoms with van der Waals surface area (Å²) in [7, 11) is 0. The van der Waals surface area contributed by atoms with E-state index in [9.17, 15) is 4.79 Å². The molecule has 0 aromatic carbocycles. The van der Waals surface area contributed by atoms with Crippen molar-refractivity contribution in [2.24, 2.45) is 5.92 Å². The number of nitrogens with one attached hydrogen (secondary N) is 1. The smallest absolute Gasteiger partial charge is 0.249 e. The van der Waals surface area contributed by atoms with Crippen molar-refractivity contribution in [1.82, 2.24) is 19.5 Å². The molecule has 7 heteroatoms. The Balaban J connectivity index is 1.35. The Morgan fingerprint density at radius 3 is 2.79 bits per heavy atom. The number of allylic oxidation sites excluding steroid dienone is 3. The van der Waals surface area contributed by atoms with E-state index < -0.39 is 0 Å². The molecule has 3 aliphatic rings.